The molecular weight excluding hydrogens is 442 g/mol. The van der Waals surface area contributed by atoms with Crippen molar-refractivity contribution < 1.29 is 18.7 Å². The SMILES string of the molecule is O=C(COc1ccc(Cl)cc1)NC1CCN(c2ccccc2C(=O)NCc2ccco2)CC1. The molecule has 0 saturated carbocycles. The van der Waals surface area contributed by atoms with Gasteiger partial charge in [-0.3, -0.25) is 9.59 Å². The zero-order chi connectivity index (χ0) is 23.0. The van der Waals surface area contributed by atoms with Gasteiger partial charge in [0.25, 0.3) is 11.8 Å². The van der Waals surface area contributed by atoms with Crippen molar-refractivity contribution >= 4 is 29.1 Å². The van der Waals surface area contributed by atoms with Gasteiger partial charge >= 0.3 is 0 Å². The number of halogens is 1. The zero-order valence-electron chi connectivity index (χ0n) is 18.1. The van der Waals surface area contributed by atoms with Gasteiger partial charge in [0.15, 0.2) is 6.61 Å². The van der Waals surface area contributed by atoms with E-state index in [0.717, 1.165) is 31.6 Å². The van der Waals surface area contributed by atoms with Crippen LogP contribution in [0.2, 0.25) is 5.02 Å². The molecule has 2 N–H and O–H groups in total. The van der Waals surface area contributed by atoms with Crippen LogP contribution in [0.1, 0.15) is 29.0 Å². The molecule has 1 aliphatic heterocycles. The number of anilines is 1. The summed E-state index contributed by atoms with van der Waals surface area (Å²) in [5, 5.41) is 6.57. The number of furan rings is 1. The van der Waals surface area contributed by atoms with Crippen molar-refractivity contribution in [3.63, 3.8) is 0 Å². The monoisotopic (exact) mass is 467 g/mol. The molecule has 2 aromatic carbocycles. The predicted octanol–water partition coefficient (Wildman–Crippen LogP) is 4.03. The van der Waals surface area contributed by atoms with Gasteiger partial charge in [-0.1, -0.05) is 23.7 Å². The number of carbonyl (C=O) groups excluding carboxylic acids is 2. The molecule has 0 radical (unpaired) electrons. The maximum absolute atomic E-state index is 12.8. The van der Waals surface area contributed by atoms with Crippen LogP contribution in [0.4, 0.5) is 5.69 Å². The van der Waals surface area contributed by atoms with E-state index < -0.39 is 0 Å². The van der Waals surface area contributed by atoms with Gasteiger partial charge in [-0.05, 0) is 61.4 Å². The number of hydrogen-bond donors (Lipinski definition) is 2. The fourth-order valence-electron chi connectivity index (χ4n) is 3.83. The van der Waals surface area contributed by atoms with Crippen molar-refractivity contribution in [2.75, 3.05) is 24.6 Å². The topological polar surface area (TPSA) is 83.8 Å². The molecule has 0 atom stereocenters. The van der Waals surface area contributed by atoms with E-state index in [-0.39, 0.29) is 24.5 Å². The molecule has 172 valence electrons. The highest BCUT2D eigenvalue weighted by Gasteiger charge is 2.24. The maximum atomic E-state index is 12.8. The molecule has 1 aromatic heterocycles. The Balaban J connectivity index is 1.26. The summed E-state index contributed by atoms with van der Waals surface area (Å²) in [6.07, 6.45) is 3.16. The first kappa shape index (κ1) is 22.7. The Morgan fingerprint density at radius 2 is 1.79 bits per heavy atom. The van der Waals surface area contributed by atoms with E-state index in [4.69, 9.17) is 20.8 Å². The van der Waals surface area contributed by atoms with Crippen LogP contribution in [-0.2, 0) is 11.3 Å². The molecule has 0 spiro atoms. The Bertz CT molecular complexity index is 1060. The molecule has 4 rings (SSSR count). The minimum absolute atomic E-state index is 0.0412. The smallest absolute Gasteiger partial charge is 0.258 e. The van der Waals surface area contributed by atoms with E-state index in [1.807, 2.05) is 30.3 Å². The summed E-state index contributed by atoms with van der Waals surface area (Å²) < 4.78 is 10.8. The lowest BCUT2D eigenvalue weighted by Gasteiger charge is -2.34. The summed E-state index contributed by atoms with van der Waals surface area (Å²) in [4.78, 5) is 27.2. The second kappa shape index (κ2) is 10.9. The second-order valence-electron chi connectivity index (χ2n) is 7.85. The van der Waals surface area contributed by atoms with Crippen LogP contribution < -0.4 is 20.3 Å². The van der Waals surface area contributed by atoms with Crippen molar-refractivity contribution in [2.24, 2.45) is 0 Å². The average molecular weight is 468 g/mol. The maximum Gasteiger partial charge on any atom is 0.258 e. The number of hydrogen-bond acceptors (Lipinski definition) is 5. The molecule has 0 unspecified atom stereocenters. The molecule has 2 heterocycles. The van der Waals surface area contributed by atoms with E-state index in [1.54, 1.807) is 36.6 Å². The number of para-hydroxylation sites is 1. The summed E-state index contributed by atoms with van der Waals surface area (Å²) in [7, 11) is 0. The van der Waals surface area contributed by atoms with Gasteiger partial charge in [0.1, 0.15) is 11.5 Å². The van der Waals surface area contributed by atoms with E-state index >= 15 is 0 Å². The number of amides is 2. The summed E-state index contributed by atoms with van der Waals surface area (Å²) in [6.45, 7) is 1.78. The molecule has 8 heteroatoms. The molecule has 1 aliphatic rings. The average Bonchev–Trinajstić information content (AvgIpc) is 3.36. The highest BCUT2D eigenvalue weighted by molar-refractivity contribution is 6.30. The summed E-state index contributed by atoms with van der Waals surface area (Å²) in [5.41, 5.74) is 1.52. The molecule has 33 heavy (non-hydrogen) atoms. The molecular formula is C25H26ClN3O4. The van der Waals surface area contributed by atoms with E-state index in [0.29, 0.717) is 28.6 Å². The number of piperidine rings is 1. The molecule has 2 amide bonds. The number of rotatable bonds is 8. The summed E-state index contributed by atoms with van der Waals surface area (Å²) in [5.74, 6) is 1.02. The van der Waals surface area contributed by atoms with E-state index in [2.05, 4.69) is 15.5 Å². The van der Waals surface area contributed by atoms with Gasteiger partial charge in [-0.25, -0.2) is 0 Å². The Kier molecular flexibility index (Phi) is 7.52. The van der Waals surface area contributed by atoms with Crippen molar-refractivity contribution in [2.45, 2.75) is 25.4 Å². The number of nitrogens with one attached hydrogen (secondary N) is 2. The van der Waals surface area contributed by atoms with Crippen LogP contribution in [0.15, 0.2) is 71.3 Å². The molecule has 7 nitrogen and oxygen atoms in total. The van der Waals surface area contributed by atoms with Crippen LogP contribution in [0.5, 0.6) is 5.75 Å². The van der Waals surface area contributed by atoms with Crippen LogP contribution in [0, 0.1) is 0 Å². The second-order valence-corrected chi connectivity index (χ2v) is 8.29. The normalized spacial score (nSPS) is 14.0. The first-order valence-corrected chi connectivity index (χ1v) is 11.3. The largest absolute Gasteiger partial charge is 0.484 e. The van der Waals surface area contributed by atoms with Crippen LogP contribution in [-0.4, -0.2) is 37.6 Å². The minimum Gasteiger partial charge on any atom is -0.484 e. The minimum atomic E-state index is -0.152. The van der Waals surface area contributed by atoms with Gasteiger partial charge in [-0.2, -0.15) is 0 Å². The number of carbonyl (C=O) groups is 2. The van der Waals surface area contributed by atoms with Gasteiger partial charge < -0.3 is 24.7 Å². The first-order chi connectivity index (χ1) is 16.1. The lowest BCUT2D eigenvalue weighted by atomic mass is 10.0. The standard InChI is InChI=1S/C25H26ClN3O4/c26-18-7-9-20(10-8-18)33-17-24(30)28-19-11-13-29(14-12-19)23-6-2-1-5-22(23)25(31)27-16-21-4-3-15-32-21/h1-10,15,19H,11-14,16-17H2,(H,27,31)(H,28,30). The lowest BCUT2D eigenvalue weighted by molar-refractivity contribution is -0.123. The number of benzene rings is 2. The molecule has 3 aromatic rings. The van der Waals surface area contributed by atoms with Crippen molar-refractivity contribution in [1.82, 2.24) is 10.6 Å². The zero-order valence-corrected chi connectivity index (χ0v) is 18.9. The first-order valence-electron chi connectivity index (χ1n) is 10.9. The van der Waals surface area contributed by atoms with Crippen LogP contribution >= 0.6 is 11.6 Å². The third-order valence-electron chi connectivity index (χ3n) is 5.54. The predicted molar refractivity (Wildman–Crippen MR) is 127 cm³/mol. The van der Waals surface area contributed by atoms with Crippen molar-refractivity contribution in [3.05, 3.63) is 83.3 Å². The van der Waals surface area contributed by atoms with E-state index in [1.165, 1.54) is 0 Å². The fraction of sp³-hybridized carbons (Fsp3) is 0.280. The summed E-state index contributed by atoms with van der Waals surface area (Å²) >= 11 is 5.86. The highest BCUT2D eigenvalue weighted by Crippen LogP contribution is 2.24. The lowest BCUT2D eigenvalue weighted by Crippen LogP contribution is -2.46. The molecule has 1 fully saturated rings. The number of ether oxygens (including phenoxy) is 1. The summed E-state index contributed by atoms with van der Waals surface area (Å²) in [6, 6.07) is 18.2. The van der Waals surface area contributed by atoms with Gasteiger partial charge in [0.05, 0.1) is 18.4 Å². The van der Waals surface area contributed by atoms with Crippen LogP contribution in [0.3, 0.4) is 0 Å². The molecule has 1 saturated heterocycles. The van der Waals surface area contributed by atoms with Crippen molar-refractivity contribution in [1.29, 1.82) is 0 Å². The Labute approximate surface area is 197 Å². The molecule has 0 aliphatic carbocycles. The Morgan fingerprint density at radius 1 is 1.03 bits per heavy atom. The Hall–Kier alpha value is -3.45. The van der Waals surface area contributed by atoms with Gasteiger partial charge in [0.2, 0.25) is 0 Å². The molecule has 0 bridgehead atoms. The van der Waals surface area contributed by atoms with Gasteiger partial charge in [0, 0.05) is 29.8 Å². The third kappa shape index (κ3) is 6.29. The highest BCUT2D eigenvalue weighted by atomic mass is 35.5. The quantitative estimate of drug-likeness (QED) is 0.522. The van der Waals surface area contributed by atoms with Crippen LogP contribution in [0.25, 0.3) is 0 Å². The van der Waals surface area contributed by atoms with E-state index in [9.17, 15) is 9.59 Å². The van der Waals surface area contributed by atoms with Gasteiger partial charge in [-0.15, -0.1) is 0 Å². The fourth-order valence-corrected chi connectivity index (χ4v) is 3.96. The Morgan fingerprint density at radius 3 is 2.52 bits per heavy atom. The number of nitrogens with zero attached hydrogens (tertiary/aromatic N) is 1. The third-order valence-corrected chi connectivity index (χ3v) is 5.79. The van der Waals surface area contributed by atoms with Crippen molar-refractivity contribution in [3.8, 4) is 5.75 Å².